The van der Waals surface area contributed by atoms with Crippen LogP contribution in [-0.4, -0.2) is 47.3 Å². The van der Waals surface area contributed by atoms with Crippen molar-refractivity contribution in [2.45, 2.75) is 25.3 Å². The molecule has 0 saturated carbocycles. The van der Waals surface area contributed by atoms with Crippen LogP contribution in [0.5, 0.6) is 0 Å². The Labute approximate surface area is 99.8 Å². The van der Waals surface area contributed by atoms with Gasteiger partial charge in [0.1, 0.15) is 12.6 Å². The van der Waals surface area contributed by atoms with E-state index in [0.29, 0.717) is 11.6 Å². The number of rotatable bonds is 2. The fourth-order valence-corrected chi connectivity index (χ4v) is 2.51. The van der Waals surface area contributed by atoms with Crippen LogP contribution in [-0.2, 0) is 9.59 Å². The van der Waals surface area contributed by atoms with Crippen LogP contribution in [0.3, 0.4) is 0 Å². The Hall–Kier alpha value is -1.03. The molecule has 1 unspecified atom stereocenters. The van der Waals surface area contributed by atoms with Crippen molar-refractivity contribution in [1.82, 2.24) is 9.80 Å². The molecule has 0 radical (unpaired) electrons. The van der Waals surface area contributed by atoms with Crippen LogP contribution >= 0.6 is 11.6 Å². The van der Waals surface area contributed by atoms with Gasteiger partial charge in [0.05, 0.1) is 6.54 Å². The summed E-state index contributed by atoms with van der Waals surface area (Å²) in [6.07, 6.45) is 2.78. The fraction of sp³-hybridized carbons (Fsp3) is 0.636. The average Bonchev–Trinajstić information content (AvgIpc) is 2.25. The largest absolute Gasteiger partial charge is 0.329 e. The molecule has 0 aromatic rings. The van der Waals surface area contributed by atoms with Crippen LogP contribution in [0, 0.1) is 0 Å². The summed E-state index contributed by atoms with van der Waals surface area (Å²) in [5.74, 6) is 0.0447. The SMILES string of the molecule is C=C(Cl)CN1CC(=O)N2CCCCC2C1=O. The Balaban J connectivity index is 2.13. The van der Waals surface area contributed by atoms with Gasteiger partial charge in [-0.2, -0.15) is 0 Å². The van der Waals surface area contributed by atoms with Crippen molar-refractivity contribution >= 4 is 23.4 Å². The number of hydrogen-bond acceptors (Lipinski definition) is 2. The number of amides is 2. The lowest BCUT2D eigenvalue weighted by molar-refractivity contribution is -0.157. The highest BCUT2D eigenvalue weighted by molar-refractivity contribution is 6.29. The minimum atomic E-state index is -0.258. The monoisotopic (exact) mass is 242 g/mol. The van der Waals surface area contributed by atoms with Gasteiger partial charge in [-0.25, -0.2) is 0 Å². The van der Waals surface area contributed by atoms with E-state index in [0.717, 1.165) is 19.3 Å². The Kier molecular flexibility index (Phi) is 3.19. The van der Waals surface area contributed by atoms with Crippen molar-refractivity contribution in [1.29, 1.82) is 0 Å². The molecule has 5 heteroatoms. The van der Waals surface area contributed by atoms with Gasteiger partial charge < -0.3 is 9.80 Å². The Morgan fingerprint density at radius 2 is 2.19 bits per heavy atom. The topological polar surface area (TPSA) is 40.6 Å². The number of nitrogens with zero attached hydrogens (tertiary/aromatic N) is 2. The third-order valence-corrected chi connectivity index (χ3v) is 3.23. The molecule has 0 aliphatic carbocycles. The zero-order valence-corrected chi connectivity index (χ0v) is 9.87. The summed E-state index contributed by atoms with van der Waals surface area (Å²) in [6.45, 7) is 4.69. The van der Waals surface area contributed by atoms with Crippen LogP contribution in [0.1, 0.15) is 19.3 Å². The second-order valence-electron chi connectivity index (χ2n) is 4.31. The highest BCUT2D eigenvalue weighted by atomic mass is 35.5. The van der Waals surface area contributed by atoms with E-state index in [9.17, 15) is 9.59 Å². The first-order chi connectivity index (χ1) is 7.59. The molecule has 0 spiro atoms. The van der Waals surface area contributed by atoms with Gasteiger partial charge in [-0.3, -0.25) is 9.59 Å². The Bertz CT molecular complexity index is 343. The van der Waals surface area contributed by atoms with Gasteiger partial charge in [0.25, 0.3) is 0 Å². The fourth-order valence-electron chi connectivity index (χ4n) is 2.37. The van der Waals surface area contributed by atoms with Crippen molar-refractivity contribution in [2.75, 3.05) is 19.6 Å². The van der Waals surface area contributed by atoms with Crippen molar-refractivity contribution in [3.05, 3.63) is 11.6 Å². The number of halogens is 1. The smallest absolute Gasteiger partial charge is 0.246 e. The first-order valence-corrected chi connectivity index (χ1v) is 5.89. The van der Waals surface area contributed by atoms with Gasteiger partial charge in [0.15, 0.2) is 0 Å². The van der Waals surface area contributed by atoms with E-state index >= 15 is 0 Å². The molecule has 1 atom stereocenters. The Morgan fingerprint density at radius 3 is 2.88 bits per heavy atom. The maximum Gasteiger partial charge on any atom is 0.246 e. The quantitative estimate of drug-likeness (QED) is 0.724. The summed E-state index contributed by atoms with van der Waals surface area (Å²) >= 11 is 5.69. The number of piperazine rings is 1. The summed E-state index contributed by atoms with van der Waals surface area (Å²) < 4.78 is 0. The second-order valence-corrected chi connectivity index (χ2v) is 4.84. The highest BCUT2D eigenvalue weighted by Crippen LogP contribution is 2.23. The second kappa shape index (κ2) is 4.45. The third kappa shape index (κ3) is 2.07. The van der Waals surface area contributed by atoms with Crippen LogP contribution < -0.4 is 0 Å². The van der Waals surface area contributed by atoms with Crippen molar-refractivity contribution in [3.8, 4) is 0 Å². The summed E-state index contributed by atoms with van der Waals surface area (Å²) in [4.78, 5) is 27.1. The normalized spacial score (nSPS) is 25.7. The van der Waals surface area contributed by atoms with E-state index in [-0.39, 0.29) is 30.9 Å². The molecular formula is C11H15ClN2O2. The third-order valence-electron chi connectivity index (χ3n) is 3.11. The average molecular weight is 243 g/mol. The number of piperidine rings is 1. The molecule has 2 heterocycles. The summed E-state index contributed by atoms with van der Waals surface area (Å²) in [5.41, 5.74) is 0. The molecule has 2 aliphatic rings. The van der Waals surface area contributed by atoms with Gasteiger partial charge in [0.2, 0.25) is 11.8 Å². The van der Waals surface area contributed by atoms with Crippen molar-refractivity contribution in [3.63, 3.8) is 0 Å². The van der Waals surface area contributed by atoms with Gasteiger partial charge >= 0.3 is 0 Å². The molecule has 2 amide bonds. The Morgan fingerprint density at radius 1 is 1.44 bits per heavy atom. The molecule has 0 aromatic heterocycles. The van der Waals surface area contributed by atoms with Crippen LogP contribution in [0.2, 0.25) is 0 Å². The lowest BCUT2D eigenvalue weighted by atomic mass is 9.98. The maximum absolute atomic E-state index is 12.1. The number of carbonyl (C=O) groups excluding carboxylic acids is 2. The minimum absolute atomic E-state index is 0.0149. The van der Waals surface area contributed by atoms with E-state index < -0.39 is 0 Å². The molecule has 2 saturated heterocycles. The van der Waals surface area contributed by atoms with E-state index in [1.165, 1.54) is 4.90 Å². The van der Waals surface area contributed by atoms with Gasteiger partial charge in [0, 0.05) is 11.6 Å². The lowest BCUT2D eigenvalue weighted by Crippen LogP contribution is -2.61. The number of fused-ring (bicyclic) bond motifs is 1. The molecule has 4 nitrogen and oxygen atoms in total. The highest BCUT2D eigenvalue weighted by Gasteiger charge is 2.40. The predicted octanol–water partition coefficient (Wildman–Crippen LogP) is 0.962. The van der Waals surface area contributed by atoms with Crippen LogP contribution in [0.15, 0.2) is 11.6 Å². The maximum atomic E-state index is 12.1. The molecule has 16 heavy (non-hydrogen) atoms. The summed E-state index contributed by atoms with van der Waals surface area (Å²) in [6, 6.07) is -0.258. The standard InChI is InChI=1S/C11H15ClN2O2/c1-8(12)6-13-7-10(15)14-5-3-2-4-9(14)11(13)16/h9H,1-7H2. The van der Waals surface area contributed by atoms with E-state index in [1.54, 1.807) is 4.90 Å². The van der Waals surface area contributed by atoms with Crippen LogP contribution in [0.25, 0.3) is 0 Å². The van der Waals surface area contributed by atoms with Gasteiger partial charge in [-0.15, -0.1) is 0 Å². The number of hydrogen-bond donors (Lipinski definition) is 0. The molecule has 0 aromatic carbocycles. The molecule has 88 valence electrons. The molecular weight excluding hydrogens is 228 g/mol. The number of carbonyl (C=O) groups is 2. The van der Waals surface area contributed by atoms with Crippen molar-refractivity contribution < 1.29 is 9.59 Å². The van der Waals surface area contributed by atoms with Crippen molar-refractivity contribution in [2.24, 2.45) is 0 Å². The minimum Gasteiger partial charge on any atom is -0.329 e. The molecule has 0 N–H and O–H groups in total. The molecule has 2 rings (SSSR count). The first kappa shape index (κ1) is 11.5. The molecule has 2 aliphatic heterocycles. The zero-order valence-electron chi connectivity index (χ0n) is 9.12. The molecule has 2 fully saturated rings. The van der Waals surface area contributed by atoms with E-state index in [2.05, 4.69) is 6.58 Å². The van der Waals surface area contributed by atoms with Gasteiger partial charge in [-0.1, -0.05) is 18.2 Å². The molecule has 0 bridgehead atoms. The van der Waals surface area contributed by atoms with E-state index in [4.69, 9.17) is 11.6 Å². The lowest BCUT2D eigenvalue weighted by Gasteiger charge is -2.42. The predicted molar refractivity (Wildman–Crippen MR) is 60.9 cm³/mol. The van der Waals surface area contributed by atoms with Gasteiger partial charge in [-0.05, 0) is 19.3 Å². The van der Waals surface area contributed by atoms with Crippen LogP contribution in [0.4, 0.5) is 0 Å². The van der Waals surface area contributed by atoms with E-state index in [1.807, 2.05) is 0 Å². The summed E-state index contributed by atoms with van der Waals surface area (Å²) in [5, 5.41) is 0.394. The summed E-state index contributed by atoms with van der Waals surface area (Å²) in [7, 11) is 0. The first-order valence-electron chi connectivity index (χ1n) is 5.51. The zero-order chi connectivity index (χ0) is 11.7.